The molecule has 0 aliphatic heterocycles. The molecule has 0 aromatic heterocycles. The highest BCUT2D eigenvalue weighted by atomic mass is 79.9. The number of halogens is 2. The number of nitrogens with two attached hydrogens (primary N) is 1. The Kier molecular flexibility index (Phi) is 4.39. The van der Waals surface area contributed by atoms with Crippen molar-refractivity contribution < 1.29 is 4.74 Å². The maximum Gasteiger partial charge on any atom is 0.133 e. The second-order valence-corrected chi connectivity index (χ2v) is 3.81. The van der Waals surface area contributed by atoms with Gasteiger partial charge in [-0.15, -0.1) is 11.6 Å². The van der Waals surface area contributed by atoms with Crippen LogP contribution in [0.1, 0.15) is 6.42 Å². The molecule has 0 heterocycles. The summed E-state index contributed by atoms with van der Waals surface area (Å²) in [5.74, 6) is 1.42. The standard InChI is InChI=1S/C9H11BrClNO/c10-8-6-7(12)2-3-9(8)13-5-1-4-11/h2-3,6H,1,4-5,12H2. The minimum atomic E-state index is 0.618. The predicted molar refractivity (Wildman–Crippen MR) is 59.4 cm³/mol. The van der Waals surface area contributed by atoms with Crippen LogP contribution in [0.5, 0.6) is 5.75 Å². The molecule has 0 aliphatic carbocycles. The van der Waals surface area contributed by atoms with Crippen molar-refractivity contribution in [1.82, 2.24) is 0 Å². The van der Waals surface area contributed by atoms with E-state index in [1.54, 1.807) is 6.07 Å². The summed E-state index contributed by atoms with van der Waals surface area (Å²) in [4.78, 5) is 0. The third kappa shape index (κ3) is 3.44. The van der Waals surface area contributed by atoms with E-state index in [9.17, 15) is 0 Å². The molecule has 2 N–H and O–H groups in total. The van der Waals surface area contributed by atoms with E-state index >= 15 is 0 Å². The molecule has 0 radical (unpaired) electrons. The van der Waals surface area contributed by atoms with Gasteiger partial charge in [-0.25, -0.2) is 0 Å². The lowest BCUT2D eigenvalue weighted by Crippen LogP contribution is -1.98. The molecule has 72 valence electrons. The van der Waals surface area contributed by atoms with Crippen molar-refractivity contribution in [1.29, 1.82) is 0 Å². The molecule has 2 nitrogen and oxygen atoms in total. The lowest BCUT2D eigenvalue weighted by atomic mass is 10.3. The average Bonchev–Trinajstić information content (AvgIpc) is 2.09. The van der Waals surface area contributed by atoms with Gasteiger partial charge in [0.25, 0.3) is 0 Å². The Morgan fingerprint density at radius 1 is 1.46 bits per heavy atom. The fraction of sp³-hybridized carbons (Fsp3) is 0.333. The molecule has 0 amide bonds. The van der Waals surface area contributed by atoms with E-state index in [-0.39, 0.29) is 0 Å². The van der Waals surface area contributed by atoms with Crippen LogP contribution in [-0.4, -0.2) is 12.5 Å². The van der Waals surface area contributed by atoms with Crippen LogP contribution < -0.4 is 10.5 Å². The van der Waals surface area contributed by atoms with E-state index < -0.39 is 0 Å². The van der Waals surface area contributed by atoms with Gasteiger partial charge in [-0.3, -0.25) is 0 Å². The van der Waals surface area contributed by atoms with Gasteiger partial charge < -0.3 is 10.5 Å². The van der Waals surface area contributed by atoms with Crippen molar-refractivity contribution in [2.24, 2.45) is 0 Å². The Labute approximate surface area is 91.2 Å². The van der Waals surface area contributed by atoms with Crippen molar-refractivity contribution in [3.63, 3.8) is 0 Å². The molecule has 0 unspecified atom stereocenters. The van der Waals surface area contributed by atoms with Crippen molar-refractivity contribution in [2.45, 2.75) is 6.42 Å². The number of anilines is 1. The maximum atomic E-state index is 5.58. The molecule has 0 saturated carbocycles. The second kappa shape index (κ2) is 5.35. The summed E-state index contributed by atoms with van der Waals surface area (Å²) < 4.78 is 6.32. The first-order valence-corrected chi connectivity index (χ1v) is 5.30. The van der Waals surface area contributed by atoms with E-state index in [0.717, 1.165) is 22.3 Å². The van der Waals surface area contributed by atoms with Crippen molar-refractivity contribution >= 4 is 33.2 Å². The van der Waals surface area contributed by atoms with Gasteiger partial charge in [-0.2, -0.15) is 0 Å². The molecule has 0 atom stereocenters. The van der Waals surface area contributed by atoms with Crippen LogP contribution in [0, 0.1) is 0 Å². The minimum absolute atomic E-state index is 0.618. The number of benzene rings is 1. The van der Waals surface area contributed by atoms with Crippen molar-refractivity contribution in [2.75, 3.05) is 18.2 Å². The number of alkyl halides is 1. The number of rotatable bonds is 4. The lowest BCUT2D eigenvalue weighted by molar-refractivity contribution is 0.316. The van der Waals surface area contributed by atoms with Gasteiger partial charge in [0.1, 0.15) is 5.75 Å². The maximum absolute atomic E-state index is 5.58. The van der Waals surface area contributed by atoms with Gasteiger partial charge in [-0.05, 0) is 40.5 Å². The van der Waals surface area contributed by atoms with Crippen LogP contribution in [0.3, 0.4) is 0 Å². The molecule has 4 heteroatoms. The number of hydrogen-bond donors (Lipinski definition) is 1. The predicted octanol–water partition coefficient (Wildman–Crippen LogP) is 3.04. The van der Waals surface area contributed by atoms with E-state index in [4.69, 9.17) is 22.1 Å². The Morgan fingerprint density at radius 3 is 2.85 bits per heavy atom. The molecule has 0 aliphatic rings. The Hall–Kier alpha value is -0.410. The zero-order valence-electron chi connectivity index (χ0n) is 7.09. The van der Waals surface area contributed by atoms with Crippen LogP contribution in [0.4, 0.5) is 5.69 Å². The van der Waals surface area contributed by atoms with Gasteiger partial charge in [0.05, 0.1) is 11.1 Å². The van der Waals surface area contributed by atoms with E-state index in [1.165, 1.54) is 0 Å². The third-order valence-corrected chi connectivity index (χ3v) is 2.38. The Morgan fingerprint density at radius 2 is 2.23 bits per heavy atom. The summed E-state index contributed by atoms with van der Waals surface area (Å²) in [7, 11) is 0. The quantitative estimate of drug-likeness (QED) is 0.515. The monoisotopic (exact) mass is 263 g/mol. The summed E-state index contributed by atoms with van der Waals surface area (Å²) in [6.07, 6.45) is 0.846. The number of ether oxygens (including phenoxy) is 1. The largest absolute Gasteiger partial charge is 0.492 e. The Balaban J connectivity index is 2.56. The molecule has 0 bridgehead atoms. The minimum Gasteiger partial charge on any atom is -0.492 e. The summed E-state index contributed by atoms with van der Waals surface area (Å²) >= 11 is 8.88. The summed E-state index contributed by atoms with van der Waals surface area (Å²) in [5.41, 5.74) is 6.29. The first-order valence-electron chi connectivity index (χ1n) is 3.98. The highest BCUT2D eigenvalue weighted by Crippen LogP contribution is 2.26. The highest BCUT2D eigenvalue weighted by Gasteiger charge is 2.00. The first kappa shape index (κ1) is 10.7. The van der Waals surface area contributed by atoms with Crippen molar-refractivity contribution in [3.05, 3.63) is 22.7 Å². The Bertz CT molecular complexity index is 280. The molecule has 1 rings (SSSR count). The summed E-state index contributed by atoms with van der Waals surface area (Å²) in [6, 6.07) is 5.46. The number of nitrogen functional groups attached to an aromatic ring is 1. The zero-order valence-corrected chi connectivity index (χ0v) is 9.44. The van der Waals surface area contributed by atoms with E-state index in [2.05, 4.69) is 15.9 Å². The molecule has 1 aromatic carbocycles. The molecule has 1 aromatic rings. The van der Waals surface area contributed by atoms with Gasteiger partial charge in [-0.1, -0.05) is 0 Å². The van der Waals surface area contributed by atoms with E-state index in [1.807, 2.05) is 12.1 Å². The molecule has 0 spiro atoms. The smallest absolute Gasteiger partial charge is 0.133 e. The van der Waals surface area contributed by atoms with Crippen LogP contribution in [0.25, 0.3) is 0 Å². The topological polar surface area (TPSA) is 35.2 Å². The second-order valence-electron chi connectivity index (χ2n) is 2.58. The van der Waals surface area contributed by atoms with Crippen molar-refractivity contribution in [3.8, 4) is 5.75 Å². The fourth-order valence-electron chi connectivity index (χ4n) is 0.871. The average molecular weight is 265 g/mol. The normalized spacial score (nSPS) is 10.0. The molecule has 13 heavy (non-hydrogen) atoms. The zero-order chi connectivity index (χ0) is 9.68. The fourth-order valence-corrected chi connectivity index (χ4v) is 1.49. The third-order valence-electron chi connectivity index (χ3n) is 1.49. The lowest BCUT2D eigenvalue weighted by Gasteiger charge is -2.07. The van der Waals surface area contributed by atoms with Crippen LogP contribution in [0.2, 0.25) is 0 Å². The highest BCUT2D eigenvalue weighted by molar-refractivity contribution is 9.10. The molecule has 0 saturated heterocycles. The molecular formula is C9H11BrClNO. The summed E-state index contributed by atoms with van der Waals surface area (Å²) in [5, 5.41) is 0. The van der Waals surface area contributed by atoms with Crippen LogP contribution in [0.15, 0.2) is 22.7 Å². The number of hydrogen-bond acceptors (Lipinski definition) is 2. The molecule has 0 fully saturated rings. The first-order chi connectivity index (χ1) is 6.24. The SMILES string of the molecule is Nc1ccc(OCCCCl)c(Br)c1. The van der Waals surface area contributed by atoms with Crippen LogP contribution in [-0.2, 0) is 0 Å². The van der Waals surface area contributed by atoms with Crippen LogP contribution >= 0.6 is 27.5 Å². The molecular weight excluding hydrogens is 253 g/mol. The van der Waals surface area contributed by atoms with Gasteiger partial charge in [0, 0.05) is 11.6 Å². The van der Waals surface area contributed by atoms with Gasteiger partial charge in [0.15, 0.2) is 0 Å². The van der Waals surface area contributed by atoms with Gasteiger partial charge >= 0.3 is 0 Å². The van der Waals surface area contributed by atoms with Gasteiger partial charge in [0.2, 0.25) is 0 Å². The summed E-state index contributed by atoms with van der Waals surface area (Å²) in [6.45, 7) is 0.631. The van der Waals surface area contributed by atoms with E-state index in [0.29, 0.717) is 12.5 Å².